The van der Waals surface area contributed by atoms with Gasteiger partial charge in [-0.25, -0.2) is 4.99 Å². The summed E-state index contributed by atoms with van der Waals surface area (Å²) in [5, 5.41) is 11.1. The van der Waals surface area contributed by atoms with Crippen molar-refractivity contribution in [2.24, 2.45) is 4.99 Å². The molecule has 2 N–H and O–H groups in total. The van der Waals surface area contributed by atoms with Gasteiger partial charge in [-0.3, -0.25) is 4.68 Å². The summed E-state index contributed by atoms with van der Waals surface area (Å²) in [6.45, 7) is 8.98. The number of guanidine groups is 1. The Balaban J connectivity index is 0.00000392. The van der Waals surface area contributed by atoms with E-state index in [0.29, 0.717) is 6.54 Å². The zero-order valence-corrected chi connectivity index (χ0v) is 19.4. The number of ether oxygens (including phenoxy) is 1. The molecule has 0 atom stereocenters. The highest BCUT2D eigenvalue weighted by molar-refractivity contribution is 14.0. The van der Waals surface area contributed by atoms with E-state index in [1.807, 2.05) is 29.1 Å². The van der Waals surface area contributed by atoms with Crippen molar-refractivity contribution in [2.45, 2.75) is 46.2 Å². The average molecular weight is 499 g/mol. The first-order valence-electron chi connectivity index (χ1n) is 9.97. The van der Waals surface area contributed by atoms with E-state index in [1.54, 1.807) is 0 Å². The van der Waals surface area contributed by atoms with Crippen molar-refractivity contribution >= 4 is 29.9 Å². The molecule has 0 aliphatic carbocycles. The molecule has 1 heterocycles. The topological polar surface area (TPSA) is 63.5 Å². The van der Waals surface area contributed by atoms with Crippen LogP contribution in [0.5, 0.6) is 0 Å². The minimum absolute atomic E-state index is 0. The van der Waals surface area contributed by atoms with Crippen LogP contribution < -0.4 is 10.6 Å². The summed E-state index contributed by atoms with van der Waals surface area (Å²) < 4.78 is 7.54. The zero-order chi connectivity index (χ0) is 19.2. The fourth-order valence-corrected chi connectivity index (χ4v) is 2.59. The molecule has 0 saturated heterocycles. The Morgan fingerprint density at radius 1 is 1.07 bits per heavy atom. The van der Waals surface area contributed by atoms with E-state index in [0.717, 1.165) is 57.2 Å². The molecule has 2 aromatic rings. The van der Waals surface area contributed by atoms with Crippen LogP contribution in [-0.4, -0.2) is 42.0 Å². The fraction of sp³-hybridized carbons (Fsp3) is 0.524. The maximum atomic E-state index is 5.59. The number of nitrogens with zero attached hydrogens (tertiary/aromatic N) is 3. The summed E-state index contributed by atoms with van der Waals surface area (Å²) in [4.78, 5) is 4.65. The van der Waals surface area contributed by atoms with E-state index >= 15 is 0 Å². The second kappa shape index (κ2) is 15.3. The third-order valence-electron chi connectivity index (χ3n) is 4.04. The quantitative estimate of drug-likeness (QED) is 0.202. The lowest BCUT2D eigenvalue weighted by Gasteiger charge is -2.11. The molecule has 0 spiro atoms. The summed E-state index contributed by atoms with van der Waals surface area (Å²) >= 11 is 0. The molecule has 0 radical (unpaired) electrons. The molecule has 6 nitrogen and oxygen atoms in total. The average Bonchev–Trinajstić information content (AvgIpc) is 3.13. The zero-order valence-electron chi connectivity index (χ0n) is 17.1. The summed E-state index contributed by atoms with van der Waals surface area (Å²) in [6.07, 6.45) is 7.23. The first-order valence-corrected chi connectivity index (χ1v) is 9.97. The van der Waals surface area contributed by atoms with Gasteiger partial charge in [-0.05, 0) is 25.3 Å². The van der Waals surface area contributed by atoms with Crippen LogP contribution in [0.4, 0.5) is 0 Å². The molecule has 28 heavy (non-hydrogen) atoms. The van der Waals surface area contributed by atoms with E-state index in [4.69, 9.17) is 4.74 Å². The number of nitrogens with one attached hydrogen (secondary N) is 2. The highest BCUT2D eigenvalue weighted by Crippen LogP contribution is 2.05. The lowest BCUT2D eigenvalue weighted by molar-refractivity contribution is 0.129. The van der Waals surface area contributed by atoms with Gasteiger partial charge in [0, 0.05) is 38.1 Å². The van der Waals surface area contributed by atoms with Gasteiger partial charge in [0.05, 0.1) is 19.3 Å². The van der Waals surface area contributed by atoms with Crippen LogP contribution in [0.25, 0.3) is 0 Å². The molecule has 7 heteroatoms. The van der Waals surface area contributed by atoms with Crippen LogP contribution in [0.2, 0.25) is 0 Å². The first-order chi connectivity index (χ1) is 13.3. The molecular weight excluding hydrogens is 465 g/mol. The van der Waals surface area contributed by atoms with Crippen molar-refractivity contribution in [2.75, 3.05) is 26.3 Å². The standard InChI is InChI=1S/C21H33N5O.HI/c1-3-5-13-27-14-9-12-23-21(22-4-2)24-15-20-16-25-26(18-20)17-19-10-7-6-8-11-19;/h6-8,10-11,16,18H,3-5,9,12-15,17H2,1-2H3,(H2,22,23,24);1H. The molecular formula is C21H34IN5O. The van der Waals surface area contributed by atoms with E-state index < -0.39 is 0 Å². The Morgan fingerprint density at radius 3 is 2.61 bits per heavy atom. The highest BCUT2D eigenvalue weighted by Gasteiger charge is 2.01. The van der Waals surface area contributed by atoms with Crippen molar-refractivity contribution < 1.29 is 4.74 Å². The Bertz CT molecular complexity index is 660. The van der Waals surface area contributed by atoms with Crippen molar-refractivity contribution in [3.8, 4) is 0 Å². The maximum Gasteiger partial charge on any atom is 0.191 e. The smallest absolute Gasteiger partial charge is 0.191 e. The lowest BCUT2D eigenvalue weighted by Crippen LogP contribution is -2.38. The molecule has 0 aliphatic heterocycles. The van der Waals surface area contributed by atoms with Crippen molar-refractivity contribution in [3.05, 3.63) is 53.9 Å². The predicted molar refractivity (Wildman–Crippen MR) is 126 cm³/mol. The predicted octanol–water partition coefficient (Wildman–Crippen LogP) is 3.81. The number of aromatic nitrogens is 2. The molecule has 0 unspecified atom stereocenters. The van der Waals surface area contributed by atoms with Gasteiger partial charge in [-0.1, -0.05) is 43.7 Å². The van der Waals surface area contributed by atoms with Gasteiger partial charge in [-0.2, -0.15) is 5.10 Å². The van der Waals surface area contributed by atoms with E-state index in [2.05, 4.69) is 52.9 Å². The molecule has 0 aliphatic rings. The van der Waals surface area contributed by atoms with Gasteiger partial charge in [0.1, 0.15) is 0 Å². The van der Waals surface area contributed by atoms with Crippen LogP contribution >= 0.6 is 24.0 Å². The third-order valence-corrected chi connectivity index (χ3v) is 4.04. The van der Waals surface area contributed by atoms with Gasteiger partial charge in [0.2, 0.25) is 0 Å². The number of aliphatic imine (C=N–C) groups is 1. The number of benzene rings is 1. The maximum absolute atomic E-state index is 5.59. The van der Waals surface area contributed by atoms with Gasteiger partial charge >= 0.3 is 0 Å². The number of rotatable bonds is 12. The third kappa shape index (κ3) is 10.1. The Hall–Kier alpha value is -1.61. The van der Waals surface area contributed by atoms with Gasteiger partial charge in [0.25, 0.3) is 0 Å². The van der Waals surface area contributed by atoms with Crippen LogP contribution in [0, 0.1) is 0 Å². The lowest BCUT2D eigenvalue weighted by atomic mass is 10.2. The molecule has 2 rings (SSSR count). The summed E-state index contributed by atoms with van der Waals surface area (Å²) in [5.74, 6) is 0.835. The Kier molecular flexibility index (Phi) is 13.4. The Morgan fingerprint density at radius 2 is 1.86 bits per heavy atom. The van der Waals surface area contributed by atoms with Crippen LogP contribution in [0.15, 0.2) is 47.7 Å². The van der Waals surface area contributed by atoms with Crippen LogP contribution in [0.3, 0.4) is 0 Å². The normalized spacial score (nSPS) is 11.1. The van der Waals surface area contributed by atoms with Crippen molar-refractivity contribution in [1.82, 2.24) is 20.4 Å². The molecule has 156 valence electrons. The minimum atomic E-state index is 0. The molecule has 0 fully saturated rings. The summed E-state index contributed by atoms with van der Waals surface area (Å²) in [7, 11) is 0. The first kappa shape index (κ1) is 24.4. The second-order valence-electron chi connectivity index (χ2n) is 6.47. The van der Waals surface area contributed by atoms with Crippen molar-refractivity contribution in [3.63, 3.8) is 0 Å². The molecule has 0 amide bonds. The number of halogens is 1. The van der Waals surface area contributed by atoms with Gasteiger partial charge in [-0.15, -0.1) is 24.0 Å². The summed E-state index contributed by atoms with van der Waals surface area (Å²) in [6, 6.07) is 10.3. The monoisotopic (exact) mass is 499 g/mol. The van der Waals surface area contributed by atoms with Gasteiger partial charge in [0.15, 0.2) is 5.96 Å². The Labute approximate surface area is 186 Å². The summed E-state index contributed by atoms with van der Waals surface area (Å²) in [5.41, 5.74) is 2.35. The molecule has 0 saturated carbocycles. The molecule has 1 aromatic carbocycles. The molecule has 1 aromatic heterocycles. The highest BCUT2D eigenvalue weighted by atomic mass is 127. The number of unbranched alkanes of at least 4 members (excludes halogenated alkanes) is 1. The largest absolute Gasteiger partial charge is 0.381 e. The second-order valence-corrected chi connectivity index (χ2v) is 6.47. The van der Waals surface area contributed by atoms with E-state index in [-0.39, 0.29) is 24.0 Å². The van der Waals surface area contributed by atoms with Crippen LogP contribution in [-0.2, 0) is 17.8 Å². The minimum Gasteiger partial charge on any atom is -0.381 e. The number of hydrogen-bond acceptors (Lipinski definition) is 3. The number of hydrogen-bond donors (Lipinski definition) is 2. The van der Waals surface area contributed by atoms with Gasteiger partial charge < -0.3 is 15.4 Å². The van der Waals surface area contributed by atoms with Crippen LogP contribution in [0.1, 0.15) is 44.2 Å². The van der Waals surface area contributed by atoms with E-state index in [9.17, 15) is 0 Å². The van der Waals surface area contributed by atoms with Crippen molar-refractivity contribution in [1.29, 1.82) is 0 Å². The SMILES string of the molecule is CCCCOCCCNC(=NCc1cnn(Cc2ccccc2)c1)NCC.I. The van der Waals surface area contributed by atoms with E-state index in [1.165, 1.54) is 12.0 Å². The fourth-order valence-electron chi connectivity index (χ4n) is 2.59. The molecule has 0 bridgehead atoms.